The number of anilines is 2. The van der Waals surface area contributed by atoms with Crippen LogP contribution in [0, 0.1) is 5.92 Å². The number of hydrogen-bond acceptors (Lipinski definition) is 5. The third kappa shape index (κ3) is 3.78. The van der Waals surface area contributed by atoms with Gasteiger partial charge in [0.15, 0.2) is 5.82 Å². The average molecular weight is 263 g/mol. The zero-order chi connectivity index (χ0) is 13.7. The molecule has 1 fully saturated rings. The predicted molar refractivity (Wildman–Crippen MR) is 78.6 cm³/mol. The second-order valence-corrected chi connectivity index (χ2v) is 5.58. The molecule has 2 rings (SSSR count). The highest BCUT2D eigenvalue weighted by molar-refractivity contribution is 5.41. The molecule has 0 aliphatic carbocycles. The first kappa shape index (κ1) is 14.0. The minimum atomic E-state index is 0.740. The predicted octanol–water partition coefficient (Wildman–Crippen LogP) is 2.34. The van der Waals surface area contributed by atoms with Gasteiger partial charge in [-0.2, -0.15) is 10.1 Å². The van der Waals surface area contributed by atoms with Crippen LogP contribution in [-0.4, -0.2) is 41.9 Å². The van der Waals surface area contributed by atoms with Gasteiger partial charge in [-0.3, -0.25) is 0 Å². The van der Waals surface area contributed by atoms with Crippen LogP contribution in [0.1, 0.15) is 39.5 Å². The normalized spacial score (nSPS) is 19.5. The number of piperidine rings is 1. The number of hydrogen-bond donors (Lipinski definition) is 0. The maximum Gasteiger partial charge on any atom is 0.247 e. The van der Waals surface area contributed by atoms with Crippen molar-refractivity contribution in [2.75, 3.05) is 36.5 Å². The van der Waals surface area contributed by atoms with Crippen molar-refractivity contribution in [2.24, 2.45) is 5.92 Å². The van der Waals surface area contributed by atoms with E-state index in [1.165, 1.54) is 19.3 Å². The summed E-state index contributed by atoms with van der Waals surface area (Å²) in [6.45, 7) is 7.64. The van der Waals surface area contributed by atoms with Gasteiger partial charge >= 0.3 is 0 Å². The van der Waals surface area contributed by atoms with Crippen LogP contribution in [0.15, 0.2) is 6.20 Å². The molecule has 5 nitrogen and oxygen atoms in total. The summed E-state index contributed by atoms with van der Waals surface area (Å²) < 4.78 is 0. The molecule has 1 saturated heterocycles. The molecule has 1 aliphatic heterocycles. The van der Waals surface area contributed by atoms with E-state index in [1.54, 1.807) is 6.20 Å². The van der Waals surface area contributed by atoms with Crippen molar-refractivity contribution in [1.82, 2.24) is 15.2 Å². The summed E-state index contributed by atoms with van der Waals surface area (Å²) in [5.41, 5.74) is 0. The Hall–Kier alpha value is -1.39. The minimum absolute atomic E-state index is 0.740. The third-order valence-electron chi connectivity index (χ3n) is 3.70. The Labute approximate surface area is 116 Å². The Kier molecular flexibility index (Phi) is 4.93. The summed E-state index contributed by atoms with van der Waals surface area (Å²) in [6.07, 6.45) is 6.69. The monoisotopic (exact) mass is 263 g/mol. The number of rotatable bonds is 5. The maximum atomic E-state index is 4.66. The lowest BCUT2D eigenvalue weighted by molar-refractivity contribution is 0.444. The molecule has 1 aliphatic rings. The second kappa shape index (κ2) is 6.68. The van der Waals surface area contributed by atoms with Crippen LogP contribution >= 0.6 is 0 Å². The Morgan fingerprint density at radius 3 is 3.05 bits per heavy atom. The Morgan fingerprint density at radius 1 is 1.47 bits per heavy atom. The number of unbranched alkanes of at least 4 members (excludes halogenated alkanes) is 1. The molecule has 1 atom stereocenters. The van der Waals surface area contributed by atoms with E-state index in [9.17, 15) is 0 Å². The zero-order valence-electron chi connectivity index (χ0n) is 12.3. The van der Waals surface area contributed by atoms with Crippen molar-refractivity contribution in [1.29, 1.82) is 0 Å². The highest BCUT2D eigenvalue weighted by atomic mass is 15.3. The molecule has 1 aromatic heterocycles. The topological polar surface area (TPSA) is 45.2 Å². The van der Waals surface area contributed by atoms with E-state index in [4.69, 9.17) is 0 Å². The molecule has 1 unspecified atom stereocenters. The molecule has 19 heavy (non-hydrogen) atoms. The van der Waals surface area contributed by atoms with Crippen LogP contribution in [0.4, 0.5) is 11.8 Å². The van der Waals surface area contributed by atoms with Gasteiger partial charge in [-0.1, -0.05) is 20.3 Å². The molecule has 0 bridgehead atoms. The van der Waals surface area contributed by atoms with Crippen LogP contribution in [-0.2, 0) is 0 Å². The van der Waals surface area contributed by atoms with E-state index < -0.39 is 0 Å². The van der Waals surface area contributed by atoms with Gasteiger partial charge in [-0.25, -0.2) is 0 Å². The Balaban J connectivity index is 2.05. The summed E-state index contributed by atoms with van der Waals surface area (Å²) in [4.78, 5) is 9.09. The fourth-order valence-corrected chi connectivity index (χ4v) is 2.49. The fraction of sp³-hybridized carbons (Fsp3) is 0.786. The first-order valence-electron chi connectivity index (χ1n) is 7.36. The summed E-state index contributed by atoms with van der Waals surface area (Å²) in [5.74, 6) is 2.45. The first-order chi connectivity index (χ1) is 9.20. The Morgan fingerprint density at radius 2 is 2.32 bits per heavy atom. The molecule has 0 spiro atoms. The Bertz CT molecular complexity index is 395. The van der Waals surface area contributed by atoms with Crippen LogP contribution in [0.3, 0.4) is 0 Å². The quantitative estimate of drug-likeness (QED) is 0.816. The molecule has 5 heteroatoms. The molecule has 0 amide bonds. The van der Waals surface area contributed by atoms with Crippen molar-refractivity contribution < 1.29 is 0 Å². The van der Waals surface area contributed by atoms with E-state index in [0.717, 1.165) is 43.7 Å². The highest BCUT2D eigenvalue weighted by Gasteiger charge is 2.18. The van der Waals surface area contributed by atoms with Crippen molar-refractivity contribution >= 4 is 11.8 Å². The zero-order valence-corrected chi connectivity index (χ0v) is 12.3. The molecule has 1 aromatic rings. The van der Waals surface area contributed by atoms with E-state index in [-0.39, 0.29) is 0 Å². The first-order valence-corrected chi connectivity index (χ1v) is 7.36. The average Bonchev–Trinajstić information content (AvgIpc) is 2.45. The molecular formula is C14H25N5. The smallest absolute Gasteiger partial charge is 0.247 e. The molecule has 2 heterocycles. The van der Waals surface area contributed by atoms with E-state index in [0.29, 0.717) is 0 Å². The van der Waals surface area contributed by atoms with Crippen molar-refractivity contribution in [2.45, 2.75) is 39.5 Å². The summed E-state index contributed by atoms with van der Waals surface area (Å²) in [7, 11) is 2.04. The van der Waals surface area contributed by atoms with Gasteiger partial charge in [-0.05, 0) is 25.2 Å². The van der Waals surface area contributed by atoms with Gasteiger partial charge in [0, 0.05) is 26.7 Å². The minimum Gasteiger partial charge on any atom is -0.355 e. The van der Waals surface area contributed by atoms with Gasteiger partial charge in [-0.15, -0.1) is 5.10 Å². The van der Waals surface area contributed by atoms with Gasteiger partial charge in [0.2, 0.25) is 5.95 Å². The maximum absolute atomic E-state index is 4.66. The van der Waals surface area contributed by atoms with Crippen LogP contribution in [0.5, 0.6) is 0 Å². The van der Waals surface area contributed by atoms with E-state index >= 15 is 0 Å². The van der Waals surface area contributed by atoms with E-state index in [2.05, 4.69) is 38.8 Å². The summed E-state index contributed by atoms with van der Waals surface area (Å²) >= 11 is 0. The van der Waals surface area contributed by atoms with Crippen LogP contribution in [0.25, 0.3) is 0 Å². The molecular weight excluding hydrogens is 238 g/mol. The third-order valence-corrected chi connectivity index (χ3v) is 3.70. The van der Waals surface area contributed by atoms with Crippen molar-refractivity contribution in [3.8, 4) is 0 Å². The highest BCUT2D eigenvalue weighted by Crippen LogP contribution is 2.21. The van der Waals surface area contributed by atoms with Crippen molar-refractivity contribution in [3.05, 3.63) is 6.20 Å². The van der Waals surface area contributed by atoms with Crippen LogP contribution in [0.2, 0.25) is 0 Å². The van der Waals surface area contributed by atoms with Gasteiger partial charge in [0.05, 0.1) is 6.20 Å². The lowest BCUT2D eigenvalue weighted by Gasteiger charge is -2.31. The summed E-state index contributed by atoms with van der Waals surface area (Å²) in [6, 6.07) is 0. The number of aromatic nitrogens is 3. The lowest BCUT2D eigenvalue weighted by Crippen LogP contribution is -2.35. The SMILES string of the molecule is CCCCN(C)c1nncc(N2CCCC(C)C2)n1. The van der Waals surface area contributed by atoms with Gasteiger partial charge < -0.3 is 9.80 Å². The molecule has 106 valence electrons. The number of nitrogens with zero attached hydrogens (tertiary/aromatic N) is 5. The molecule has 0 radical (unpaired) electrons. The van der Waals surface area contributed by atoms with Gasteiger partial charge in [0.25, 0.3) is 0 Å². The van der Waals surface area contributed by atoms with Gasteiger partial charge in [0.1, 0.15) is 0 Å². The lowest BCUT2D eigenvalue weighted by atomic mass is 10.0. The second-order valence-electron chi connectivity index (χ2n) is 5.58. The largest absolute Gasteiger partial charge is 0.355 e. The van der Waals surface area contributed by atoms with Crippen LogP contribution < -0.4 is 9.80 Å². The molecule has 0 aromatic carbocycles. The standard InChI is InChI=1S/C14H25N5/c1-4-5-8-18(3)14-16-13(10-15-17-14)19-9-6-7-12(2)11-19/h10,12H,4-9,11H2,1-3H3. The fourth-order valence-electron chi connectivity index (χ4n) is 2.49. The molecule has 0 N–H and O–H groups in total. The molecule has 0 saturated carbocycles. The van der Waals surface area contributed by atoms with Crippen molar-refractivity contribution in [3.63, 3.8) is 0 Å². The summed E-state index contributed by atoms with van der Waals surface area (Å²) in [5, 5.41) is 8.26. The van der Waals surface area contributed by atoms with E-state index in [1.807, 2.05) is 7.05 Å².